The van der Waals surface area contributed by atoms with Crippen molar-refractivity contribution in [3.05, 3.63) is 35.9 Å². The largest absolute Gasteiger partial charge is 0.481 e. The van der Waals surface area contributed by atoms with E-state index in [0.717, 1.165) is 18.4 Å². The molecule has 3 atom stereocenters. The summed E-state index contributed by atoms with van der Waals surface area (Å²) in [4.78, 5) is 11.4. The summed E-state index contributed by atoms with van der Waals surface area (Å²) < 4.78 is 5.85. The molecule has 3 nitrogen and oxygen atoms in total. The van der Waals surface area contributed by atoms with E-state index in [1.54, 1.807) is 0 Å². The van der Waals surface area contributed by atoms with Gasteiger partial charge in [-0.1, -0.05) is 50.1 Å². The average molecular weight is 262 g/mol. The molecule has 0 radical (unpaired) electrons. The van der Waals surface area contributed by atoms with Crippen molar-refractivity contribution in [3.8, 4) is 0 Å². The molecular formula is C16H22O3. The number of carboxylic acids is 1. The Morgan fingerprint density at radius 1 is 1.37 bits per heavy atom. The smallest absolute Gasteiger partial charge is 0.313 e. The maximum atomic E-state index is 11.4. The SMILES string of the molecule is CC1CCCC(OCC(C(=O)O)c2ccccc2)C1. The van der Waals surface area contributed by atoms with Crippen molar-refractivity contribution in [2.75, 3.05) is 6.61 Å². The van der Waals surface area contributed by atoms with Gasteiger partial charge in [0.15, 0.2) is 0 Å². The van der Waals surface area contributed by atoms with E-state index >= 15 is 0 Å². The number of rotatable bonds is 5. The fourth-order valence-corrected chi connectivity index (χ4v) is 2.76. The molecule has 0 amide bonds. The summed E-state index contributed by atoms with van der Waals surface area (Å²) in [6, 6.07) is 9.34. The van der Waals surface area contributed by atoms with Crippen molar-refractivity contribution >= 4 is 5.97 Å². The van der Waals surface area contributed by atoms with Gasteiger partial charge in [0.05, 0.1) is 12.7 Å². The highest BCUT2D eigenvalue weighted by Crippen LogP contribution is 2.27. The van der Waals surface area contributed by atoms with E-state index in [-0.39, 0.29) is 12.7 Å². The monoisotopic (exact) mass is 262 g/mol. The van der Waals surface area contributed by atoms with Crippen LogP contribution < -0.4 is 0 Å². The van der Waals surface area contributed by atoms with Crippen LogP contribution in [-0.2, 0) is 9.53 Å². The first-order valence-corrected chi connectivity index (χ1v) is 7.06. The van der Waals surface area contributed by atoms with Crippen LogP contribution in [0.25, 0.3) is 0 Å². The first-order valence-electron chi connectivity index (χ1n) is 7.06. The van der Waals surface area contributed by atoms with E-state index in [9.17, 15) is 9.90 Å². The molecule has 1 aliphatic rings. The average Bonchev–Trinajstić information content (AvgIpc) is 2.40. The van der Waals surface area contributed by atoms with Crippen LogP contribution in [0.2, 0.25) is 0 Å². The third kappa shape index (κ3) is 4.06. The maximum Gasteiger partial charge on any atom is 0.313 e. The molecule has 3 heteroatoms. The summed E-state index contributed by atoms with van der Waals surface area (Å²) in [5.74, 6) is -0.674. The van der Waals surface area contributed by atoms with Gasteiger partial charge in [0.1, 0.15) is 5.92 Å². The van der Waals surface area contributed by atoms with E-state index < -0.39 is 11.9 Å². The standard InChI is InChI=1S/C16H22O3/c1-12-6-5-9-14(10-12)19-11-15(16(17)18)13-7-3-2-4-8-13/h2-4,7-8,12,14-15H,5-6,9-11H2,1H3,(H,17,18). The zero-order valence-corrected chi connectivity index (χ0v) is 11.4. The molecule has 0 aliphatic heterocycles. The summed E-state index contributed by atoms with van der Waals surface area (Å²) in [5, 5.41) is 9.33. The first kappa shape index (κ1) is 14.1. The highest BCUT2D eigenvalue weighted by Gasteiger charge is 2.24. The predicted octanol–water partition coefficient (Wildman–Crippen LogP) is 3.45. The van der Waals surface area contributed by atoms with Gasteiger partial charge >= 0.3 is 5.97 Å². The third-order valence-corrected chi connectivity index (χ3v) is 3.89. The van der Waals surface area contributed by atoms with Crippen molar-refractivity contribution in [1.82, 2.24) is 0 Å². The summed E-state index contributed by atoms with van der Waals surface area (Å²) in [6.45, 7) is 2.51. The highest BCUT2D eigenvalue weighted by atomic mass is 16.5. The number of hydrogen-bond donors (Lipinski definition) is 1. The molecule has 0 heterocycles. The quantitative estimate of drug-likeness (QED) is 0.884. The number of hydrogen-bond acceptors (Lipinski definition) is 2. The highest BCUT2D eigenvalue weighted by molar-refractivity contribution is 5.76. The van der Waals surface area contributed by atoms with Gasteiger partial charge in [-0.2, -0.15) is 0 Å². The first-order chi connectivity index (χ1) is 9.16. The van der Waals surface area contributed by atoms with Crippen LogP contribution in [0, 0.1) is 5.92 Å². The van der Waals surface area contributed by atoms with Crippen LogP contribution in [0.1, 0.15) is 44.1 Å². The van der Waals surface area contributed by atoms with Gasteiger partial charge in [-0.25, -0.2) is 0 Å². The number of benzene rings is 1. The number of ether oxygens (including phenoxy) is 1. The van der Waals surface area contributed by atoms with Gasteiger partial charge in [-0.3, -0.25) is 4.79 Å². The second-order valence-electron chi connectivity index (χ2n) is 5.53. The van der Waals surface area contributed by atoms with Gasteiger partial charge in [-0.05, 0) is 24.3 Å². The maximum absolute atomic E-state index is 11.4. The molecular weight excluding hydrogens is 240 g/mol. The van der Waals surface area contributed by atoms with E-state index in [2.05, 4.69) is 6.92 Å². The Kier molecular flexibility index (Phi) is 4.97. The van der Waals surface area contributed by atoms with E-state index in [4.69, 9.17) is 4.74 Å². The summed E-state index contributed by atoms with van der Waals surface area (Å²) in [5.41, 5.74) is 0.818. The van der Waals surface area contributed by atoms with Crippen molar-refractivity contribution in [3.63, 3.8) is 0 Å². The second-order valence-corrected chi connectivity index (χ2v) is 5.53. The van der Waals surface area contributed by atoms with Crippen LogP contribution in [0.15, 0.2) is 30.3 Å². The predicted molar refractivity (Wildman–Crippen MR) is 74.2 cm³/mol. The third-order valence-electron chi connectivity index (χ3n) is 3.89. The van der Waals surface area contributed by atoms with E-state index in [1.807, 2.05) is 30.3 Å². The second kappa shape index (κ2) is 6.71. The van der Waals surface area contributed by atoms with Gasteiger partial charge < -0.3 is 9.84 Å². The van der Waals surface area contributed by atoms with E-state index in [0.29, 0.717) is 5.92 Å². The minimum absolute atomic E-state index is 0.231. The molecule has 1 N–H and O–H groups in total. The Hall–Kier alpha value is -1.35. The van der Waals surface area contributed by atoms with Crippen molar-refractivity contribution in [2.45, 2.75) is 44.6 Å². The molecule has 0 aromatic heterocycles. The molecule has 0 bridgehead atoms. The van der Waals surface area contributed by atoms with Crippen molar-refractivity contribution in [1.29, 1.82) is 0 Å². The number of carboxylic acid groups (broad SMARTS) is 1. The van der Waals surface area contributed by atoms with Crippen molar-refractivity contribution < 1.29 is 14.6 Å². The Balaban J connectivity index is 1.93. The van der Waals surface area contributed by atoms with Gasteiger partial charge in [-0.15, -0.1) is 0 Å². The minimum atomic E-state index is -0.810. The Labute approximate surface area is 114 Å². The molecule has 1 aromatic rings. The molecule has 1 aromatic carbocycles. The topological polar surface area (TPSA) is 46.5 Å². The summed E-state index contributed by atoms with van der Waals surface area (Å²) in [6.07, 6.45) is 4.80. The van der Waals surface area contributed by atoms with Crippen LogP contribution >= 0.6 is 0 Å². The molecule has 19 heavy (non-hydrogen) atoms. The fraction of sp³-hybridized carbons (Fsp3) is 0.562. The molecule has 3 unspecified atom stereocenters. The Bertz CT molecular complexity index is 402. The van der Waals surface area contributed by atoms with E-state index in [1.165, 1.54) is 12.8 Å². The van der Waals surface area contributed by atoms with Gasteiger partial charge in [0.2, 0.25) is 0 Å². The molecule has 1 aliphatic carbocycles. The molecule has 1 saturated carbocycles. The van der Waals surface area contributed by atoms with Crippen molar-refractivity contribution in [2.24, 2.45) is 5.92 Å². The lowest BCUT2D eigenvalue weighted by Crippen LogP contribution is -2.26. The molecule has 104 valence electrons. The lowest BCUT2D eigenvalue weighted by molar-refractivity contribution is -0.141. The number of aliphatic carboxylic acids is 1. The zero-order chi connectivity index (χ0) is 13.7. The minimum Gasteiger partial charge on any atom is -0.481 e. The van der Waals surface area contributed by atoms with Crippen LogP contribution in [0.5, 0.6) is 0 Å². The van der Waals surface area contributed by atoms with Crippen LogP contribution in [0.4, 0.5) is 0 Å². The lowest BCUT2D eigenvalue weighted by Gasteiger charge is -2.27. The zero-order valence-electron chi connectivity index (χ0n) is 11.4. The normalized spacial score (nSPS) is 24.9. The van der Waals surface area contributed by atoms with Crippen LogP contribution in [0.3, 0.4) is 0 Å². The van der Waals surface area contributed by atoms with Crippen LogP contribution in [-0.4, -0.2) is 23.8 Å². The lowest BCUT2D eigenvalue weighted by atomic mass is 9.88. The van der Waals surface area contributed by atoms with Gasteiger partial charge in [0, 0.05) is 0 Å². The summed E-state index contributed by atoms with van der Waals surface area (Å²) >= 11 is 0. The molecule has 0 spiro atoms. The molecule has 1 fully saturated rings. The summed E-state index contributed by atoms with van der Waals surface area (Å²) in [7, 11) is 0. The fourth-order valence-electron chi connectivity index (χ4n) is 2.76. The molecule has 0 saturated heterocycles. The van der Waals surface area contributed by atoms with Gasteiger partial charge in [0.25, 0.3) is 0 Å². The Morgan fingerprint density at radius 3 is 2.74 bits per heavy atom. The number of carbonyl (C=O) groups is 1. The molecule has 2 rings (SSSR count). The Morgan fingerprint density at radius 2 is 2.11 bits per heavy atom.